The zero-order chi connectivity index (χ0) is 28.0. The lowest BCUT2D eigenvalue weighted by molar-refractivity contribution is -0.121. The quantitative estimate of drug-likeness (QED) is 0.315. The highest BCUT2D eigenvalue weighted by molar-refractivity contribution is 7.81. The Kier molecular flexibility index (Phi) is 5.41. The fraction of sp³-hybridized carbons (Fsp3) is 0.143. The minimum Gasteiger partial charge on any atom is -0.504 e. The molecule has 9 nitrogen and oxygen atoms in total. The van der Waals surface area contributed by atoms with E-state index in [9.17, 15) is 23.1 Å². The number of carbonyl (C=O) groups is 2. The van der Waals surface area contributed by atoms with Crippen LogP contribution in [0, 0.1) is 0 Å². The average Bonchev–Trinajstić information content (AvgIpc) is 2.71. The molecule has 0 aliphatic carbocycles. The first-order chi connectivity index (χ1) is 16.9. The van der Waals surface area contributed by atoms with E-state index >= 15 is 0 Å². The molecule has 0 spiro atoms. The Balaban J connectivity index is 2.09. The molecule has 0 atom stereocenters. The zero-order valence-electron chi connectivity index (χ0n) is 21.6. The van der Waals surface area contributed by atoms with Crippen LogP contribution in [0.4, 0.5) is 0 Å². The molecular formula is C21H20O9S. The lowest BCUT2D eigenvalue weighted by atomic mass is 10.1. The number of benzene rings is 2. The summed E-state index contributed by atoms with van der Waals surface area (Å²) in [5.74, 6) is -3.13. The van der Waals surface area contributed by atoms with Crippen LogP contribution >= 0.6 is 0 Å². The Labute approximate surface area is 187 Å². The van der Waals surface area contributed by atoms with Crippen LogP contribution in [0.2, 0.25) is 0 Å². The summed E-state index contributed by atoms with van der Waals surface area (Å²) in [6.07, 6.45) is 4.04. The third-order valence-corrected chi connectivity index (χ3v) is 4.03. The number of phenols is 1. The second kappa shape index (κ2) is 10.4. The molecule has 10 heteroatoms. The van der Waals surface area contributed by atoms with E-state index in [4.69, 9.17) is 12.8 Å². The van der Waals surface area contributed by atoms with E-state index in [1.54, 1.807) is 0 Å². The SMILES string of the molecule is [2H]C([2H])([2H])Oc1cc(/C=C/C(=O)CC(=O)/C=C/c2ccc(OS(=O)(=O)O)c(OC([2H])([2H])[2H])c2)ccc1O. The van der Waals surface area contributed by atoms with Gasteiger partial charge in [0, 0.05) is 0 Å². The summed E-state index contributed by atoms with van der Waals surface area (Å²) in [5, 5.41) is 9.69. The number of ketones is 2. The minimum atomic E-state index is -4.97. The van der Waals surface area contributed by atoms with Gasteiger partial charge in [-0.05, 0) is 47.5 Å². The molecule has 0 aliphatic heterocycles. The number of aromatic hydroxyl groups is 1. The van der Waals surface area contributed by atoms with Crippen molar-refractivity contribution in [3.8, 4) is 23.0 Å². The van der Waals surface area contributed by atoms with Crippen molar-refractivity contribution in [3.05, 3.63) is 59.7 Å². The van der Waals surface area contributed by atoms with Crippen LogP contribution in [0.15, 0.2) is 48.6 Å². The second-order valence-electron chi connectivity index (χ2n) is 5.92. The van der Waals surface area contributed by atoms with Crippen molar-refractivity contribution in [1.82, 2.24) is 0 Å². The summed E-state index contributed by atoms with van der Waals surface area (Å²) in [5.41, 5.74) is 0.506. The van der Waals surface area contributed by atoms with E-state index in [2.05, 4.69) is 13.7 Å². The molecular weight excluding hydrogens is 428 g/mol. The smallest absolute Gasteiger partial charge is 0.446 e. The number of hydrogen-bond acceptors (Lipinski definition) is 8. The Morgan fingerprint density at radius 3 is 2.06 bits per heavy atom. The van der Waals surface area contributed by atoms with Gasteiger partial charge in [-0.3, -0.25) is 14.1 Å². The van der Waals surface area contributed by atoms with Crippen molar-refractivity contribution in [3.63, 3.8) is 0 Å². The molecule has 0 unspecified atom stereocenters. The topological polar surface area (TPSA) is 136 Å². The number of hydrogen-bond donors (Lipinski definition) is 2. The van der Waals surface area contributed by atoms with Gasteiger partial charge in [0.15, 0.2) is 34.6 Å². The third kappa shape index (κ3) is 7.61. The molecule has 0 amide bonds. The summed E-state index contributed by atoms with van der Waals surface area (Å²) in [6, 6.07) is 7.04. The van der Waals surface area contributed by atoms with Crippen LogP contribution in [-0.2, 0) is 20.0 Å². The first-order valence-electron chi connectivity index (χ1n) is 11.3. The number of rotatable bonds is 10. The predicted molar refractivity (Wildman–Crippen MR) is 113 cm³/mol. The predicted octanol–water partition coefficient (Wildman–Crippen LogP) is 2.85. The van der Waals surface area contributed by atoms with Crippen molar-refractivity contribution in [1.29, 1.82) is 0 Å². The fourth-order valence-corrected chi connectivity index (χ4v) is 2.64. The maximum absolute atomic E-state index is 12.1. The standard InChI is InChI=1S/C21H20O9S/c1-28-20-11-14(5-9-18(20)24)3-7-16(22)13-17(23)8-4-15-6-10-19(21(12-15)29-2)30-31(25,26)27/h3-12,24H,13H2,1-2H3,(H,25,26,27)/b7-3+,8-4+/i1D3,2D3. The van der Waals surface area contributed by atoms with Gasteiger partial charge in [0.25, 0.3) is 0 Å². The zero-order valence-corrected chi connectivity index (χ0v) is 16.5. The Hall–Kier alpha value is -3.63. The summed E-state index contributed by atoms with van der Waals surface area (Å²) >= 11 is 0. The lowest BCUT2D eigenvalue weighted by Gasteiger charge is -2.08. The molecule has 0 aliphatic rings. The molecule has 0 saturated carbocycles. The highest BCUT2D eigenvalue weighted by Crippen LogP contribution is 2.29. The van der Waals surface area contributed by atoms with Crippen LogP contribution in [0.3, 0.4) is 0 Å². The summed E-state index contributed by atoms with van der Waals surface area (Å²) in [7, 11) is -10.7. The summed E-state index contributed by atoms with van der Waals surface area (Å²) in [6.45, 7) is 0. The normalized spacial score (nSPS) is 15.3. The van der Waals surface area contributed by atoms with E-state index in [1.165, 1.54) is 36.4 Å². The number of phenolic OH excluding ortho intramolecular Hbond substituents is 1. The molecule has 0 radical (unpaired) electrons. The molecule has 164 valence electrons. The average molecular weight is 454 g/mol. The maximum Gasteiger partial charge on any atom is 0.446 e. The van der Waals surface area contributed by atoms with Crippen molar-refractivity contribution in [2.24, 2.45) is 0 Å². The molecule has 0 heterocycles. The van der Waals surface area contributed by atoms with Crippen molar-refractivity contribution in [2.75, 3.05) is 14.1 Å². The van der Waals surface area contributed by atoms with Gasteiger partial charge < -0.3 is 18.8 Å². The molecule has 2 N–H and O–H groups in total. The Morgan fingerprint density at radius 2 is 1.48 bits per heavy atom. The van der Waals surface area contributed by atoms with Crippen molar-refractivity contribution in [2.45, 2.75) is 6.42 Å². The van der Waals surface area contributed by atoms with E-state index in [0.717, 1.165) is 24.3 Å². The van der Waals surface area contributed by atoms with E-state index in [-0.39, 0.29) is 11.3 Å². The first kappa shape index (κ1) is 16.1. The van der Waals surface area contributed by atoms with Crippen LogP contribution < -0.4 is 13.7 Å². The van der Waals surface area contributed by atoms with Crippen molar-refractivity contribution < 1.29 is 49.5 Å². The molecule has 2 aromatic carbocycles. The Morgan fingerprint density at radius 1 is 0.935 bits per heavy atom. The Bertz CT molecular complexity index is 1330. The number of ether oxygens (including phenoxy) is 2. The number of allylic oxidation sites excluding steroid dienone is 2. The molecule has 0 aromatic heterocycles. The highest BCUT2D eigenvalue weighted by atomic mass is 32.3. The van der Waals surface area contributed by atoms with E-state index in [0.29, 0.717) is 5.56 Å². The molecule has 0 saturated heterocycles. The van der Waals surface area contributed by atoms with Gasteiger partial charge in [-0.1, -0.05) is 24.3 Å². The molecule has 0 fully saturated rings. The van der Waals surface area contributed by atoms with E-state index < -0.39 is 59.7 Å². The maximum atomic E-state index is 12.1. The van der Waals surface area contributed by atoms with Gasteiger partial charge >= 0.3 is 10.4 Å². The fourth-order valence-electron chi connectivity index (χ4n) is 2.27. The first-order valence-corrected chi connectivity index (χ1v) is 9.70. The monoisotopic (exact) mass is 454 g/mol. The molecule has 2 rings (SSSR count). The second-order valence-corrected chi connectivity index (χ2v) is 6.95. The van der Waals surface area contributed by atoms with Crippen LogP contribution in [-0.4, -0.2) is 43.7 Å². The molecule has 31 heavy (non-hydrogen) atoms. The van der Waals surface area contributed by atoms with Gasteiger partial charge in [0.1, 0.15) is 0 Å². The van der Waals surface area contributed by atoms with Gasteiger partial charge in [-0.2, -0.15) is 8.42 Å². The molecule has 0 bridgehead atoms. The van der Waals surface area contributed by atoms with E-state index in [1.807, 2.05) is 0 Å². The van der Waals surface area contributed by atoms with Gasteiger partial charge in [-0.25, -0.2) is 0 Å². The van der Waals surface area contributed by atoms with Crippen LogP contribution in [0.5, 0.6) is 23.0 Å². The van der Waals surface area contributed by atoms with Gasteiger partial charge in [0.05, 0.1) is 28.7 Å². The summed E-state index contributed by atoms with van der Waals surface area (Å²) < 4.78 is 87.1. The van der Waals surface area contributed by atoms with Gasteiger partial charge in [0.2, 0.25) is 0 Å². The summed E-state index contributed by atoms with van der Waals surface area (Å²) in [4.78, 5) is 24.3. The van der Waals surface area contributed by atoms with Crippen LogP contribution in [0.25, 0.3) is 12.2 Å². The molecule has 2 aromatic rings. The van der Waals surface area contributed by atoms with Crippen molar-refractivity contribution >= 4 is 34.1 Å². The highest BCUT2D eigenvalue weighted by Gasteiger charge is 2.13. The largest absolute Gasteiger partial charge is 0.504 e. The number of methoxy groups -OCH3 is 2. The van der Waals surface area contributed by atoms with Gasteiger partial charge in [-0.15, -0.1) is 0 Å². The minimum absolute atomic E-state index is 0.184. The number of carbonyl (C=O) groups excluding carboxylic acids is 2. The third-order valence-electron chi connectivity index (χ3n) is 3.64. The van der Waals surface area contributed by atoms with Crippen LogP contribution in [0.1, 0.15) is 25.8 Å². The lowest BCUT2D eigenvalue weighted by Crippen LogP contribution is -2.07.